The summed E-state index contributed by atoms with van der Waals surface area (Å²) in [5.74, 6) is 0.746. The Morgan fingerprint density at radius 1 is 1.29 bits per heavy atom. The second-order valence-electron chi connectivity index (χ2n) is 7.71. The molecular weight excluding hydrogens is 306 g/mol. The molecule has 0 bridgehead atoms. The minimum Gasteiger partial charge on any atom is -0.369 e. The molecule has 2 aromatic rings. The van der Waals surface area contributed by atoms with E-state index in [-0.39, 0.29) is 5.54 Å². The van der Waals surface area contributed by atoms with Crippen LogP contribution in [0.5, 0.6) is 0 Å². The number of aromatic nitrogens is 4. The Labute approximate surface area is 142 Å². The van der Waals surface area contributed by atoms with E-state index >= 15 is 0 Å². The number of fused-ring (bicyclic) bond motifs is 1. The van der Waals surface area contributed by atoms with E-state index in [4.69, 9.17) is 9.47 Å². The Morgan fingerprint density at radius 3 is 2.67 bits per heavy atom. The minimum absolute atomic E-state index is 0.119. The van der Waals surface area contributed by atoms with Crippen molar-refractivity contribution in [2.45, 2.75) is 52.4 Å². The van der Waals surface area contributed by atoms with Crippen LogP contribution in [0.4, 0.5) is 5.82 Å². The van der Waals surface area contributed by atoms with Crippen molar-refractivity contribution >= 4 is 16.9 Å². The molecule has 3 rings (SSSR count). The van der Waals surface area contributed by atoms with Gasteiger partial charge in [0.2, 0.25) is 0 Å². The molecule has 0 saturated carbocycles. The molecule has 1 aliphatic rings. The van der Waals surface area contributed by atoms with Crippen LogP contribution in [0.1, 0.15) is 41.0 Å². The van der Waals surface area contributed by atoms with Crippen LogP contribution in [0, 0.1) is 5.92 Å². The molecule has 7 nitrogen and oxygen atoms in total. The molecule has 1 fully saturated rings. The SMILES string of the molecule is C[C@@H](CNc1ncnc2c1cnn2C(C)(C)C)CC1(C)OCCO1. The van der Waals surface area contributed by atoms with Gasteiger partial charge in [0.1, 0.15) is 12.1 Å². The van der Waals surface area contributed by atoms with Crippen LogP contribution in [0.3, 0.4) is 0 Å². The van der Waals surface area contributed by atoms with Gasteiger partial charge in [0.05, 0.1) is 30.3 Å². The lowest BCUT2D eigenvalue weighted by atomic mass is 10.0. The van der Waals surface area contributed by atoms with E-state index in [0.29, 0.717) is 19.1 Å². The Hall–Kier alpha value is -1.73. The Kier molecular flexibility index (Phi) is 4.48. The highest BCUT2D eigenvalue weighted by Crippen LogP contribution is 2.28. The molecule has 2 aromatic heterocycles. The standard InChI is InChI=1S/C17H27N5O2/c1-12(8-17(5)23-6-7-24-17)9-18-14-13-10-21-22(16(2,3)4)15(13)20-11-19-14/h10-12H,6-9H2,1-5H3,(H,18,19,20)/t12-/m1/s1. The maximum absolute atomic E-state index is 5.69. The molecule has 0 aliphatic carbocycles. The highest BCUT2D eigenvalue weighted by atomic mass is 16.7. The molecule has 1 atom stereocenters. The maximum Gasteiger partial charge on any atom is 0.166 e. The third-order valence-corrected chi connectivity index (χ3v) is 4.24. The lowest BCUT2D eigenvalue weighted by Crippen LogP contribution is -2.30. The average molecular weight is 333 g/mol. The van der Waals surface area contributed by atoms with E-state index in [0.717, 1.165) is 29.8 Å². The first-order valence-electron chi connectivity index (χ1n) is 8.49. The first-order valence-corrected chi connectivity index (χ1v) is 8.49. The van der Waals surface area contributed by atoms with Gasteiger partial charge in [0.25, 0.3) is 0 Å². The first kappa shape index (κ1) is 17.1. The molecule has 1 aliphatic heterocycles. The number of ether oxygens (including phenoxy) is 2. The minimum atomic E-state index is -0.459. The van der Waals surface area contributed by atoms with Crippen molar-refractivity contribution in [3.8, 4) is 0 Å². The van der Waals surface area contributed by atoms with E-state index in [1.807, 2.05) is 17.8 Å². The molecule has 0 aromatic carbocycles. The zero-order valence-electron chi connectivity index (χ0n) is 15.2. The largest absolute Gasteiger partial charge is 0.369 e. The van der Waals surface area contributed by atoms with Crippen molar-refractivity contribution in [1.82, 2.24) is 19.7 Å². The Morgan fingerprint density at radius 2 is 2.00 bits per heavy atom. The molecule has 1 N–H and O–H groups in total. The number of rotatable bonds is 5. The van der Waals surface area contributed by atoms with Crippen molar-refractivity contribution in [1.29, 1.82) is 0 Å². The first-order chi connectivity index (χ1) is 11.3. The monoisotopic (exact) mass is 333 g/mol. The van der Waals surface area contributed by atoms with Gasteiger partial charge in [-0.25, -0.2) is 14.6 Å². The van der Waals surface area contributed by atoms with E-state index in [1.54, 1.807) is 6.33 Å². The topological polar surface area (TPSA) is 74.1 Å². The summed E-state index contributed by atoms with van der Waals surface area (Å²) in [6, 6.07) is 0. The van der Waals surface area contributed by atoms with Gasteiger partial charge >= 0.3 is 0 Å². The van der Waals surface area contributed by atoms with Crippen LogP contribution < -0.4 is 5.32 Å². The fraction of sp³-hybridized carbons (Fsp3) is 0.706. The molecule has 0 radical (unpaired) electrons. The fourth-order valence-corrected chi connectivity index (χ4v) is 3.13. The predicted molar refractivity (Wildman–Crippen MR) is 92.9 cm³/mol. The zero-order valence-corrected chi connectivity index (χ0v) is 15.2. The van der Waals surface area contributed by atoms with E-state index in [1.165, 1.54) is 0 Å². The summed E-state index contributed by atoms with van der Waals surface area (Å²) in [6.07, 6.45) is 4.26. The summed E-state index contributed by atoms with van der Waals surface area (Å²) in [4.78, 5) is 8.78. The maximum atomic E-state index is 5.69. The highest BCUT2D eigenvalue weighted by Gasteiger charge is 2.32. The quantitative estimate of drug-likeness (QED) is 0.907. The summed E-state index contributed by atoms with van der Waals surface area (Å²) in [7, 11) is 0. The zero-order chi connectivity index (χ0) is 17.4. The van der Waals surface area contributed by atoms with Crippen molar-refractivity contribution in [2.75, 3.05) is 25.1 Å². The van der Waals surface area contributed by atoms with Gasteiger partial charge in [-0.1, -0.05) is 6.92 Å². The van der Waals surface area contributed by atoms with Crippen molar-refractivity contribution < 1.29 is 9.47 Å². The molecule has 1 saturated heterocycles. The van der Waals surface area contributed by atoms with Gasteiger partial charge in [0.15, 0.2) is 11.4 Å². The molecule has 0 spiro atoms. The van der Waals surface area contributed by atoms with Gasteiger partial charge in [-0.15, -0.1) is 0 Å². The third kappa shape index (κ3) is 3.52. The number of nitrogens with one attached hydrogen (secondary N) is 1. The molecular formula is C17H27N5O2. The van der Waals surface area contributed by atoms with Crippen LogP contribution in [-0.2, 0) is 15.0 Å². The molecule has 3 heterocycles. The molecule has 0 amide bonds. The number of anilines is 1. The second-order valence-corrected chi connectivity index (χ2v) is 7.71. The molecule has 132 valence electrons. The number of hydrogen-bond donors (Lipinski definition) is 1. The summed E-state index contributed by atoms with van der Waals surface area (Å²) < 4.78 is 13.3. The van der Waals surface area contributed by atoms with Crippen LogP contribution in [-0.4, -0.2) is 45.3 Å². The van der Waals surface area contributed by atoms with Gasteiger partial charge in [-0.3, -0.25) is 0 Å². The summed E-state index contributed by atoms with van der Waals surface area (Å²) in [5.41, 5.74) is 0.731. The average Bonchev–Trinajstić information content (AvgIpc) is 3.11. The smallest absolute Gasteiger partial charge is 0.166 e. The van der Waals surface area contributed by atoms with Gasteiger partial charge in [-0.2, -0.15) is 5.10 Å². The normalized spacial score (nSPS) is 18.9. The van der Waals surface area contributed by atoms with E-state index < -0.39 is 5.79 Å². The summed E-state index contributed by atoms with van der Waals surface area (Å²) in [6.45, 7) is 12.7. The van der Waals surface area contributed by atoms with Crippen molar-refractivity contribution in [3.63, 3.8) is 0 Å². The van der Waals surface area contributed by atoms with Gasteiger partial charge < -0.3 is 14.8 Å². The van der Waals surface area contributed by atoms with Crippen LogP contribution in [0.15, 0.2) is 12.5 Å². The predicted octanol–water partition coefficient (Wildman–Crippen LogP) is 2.78. The van der Waals surface area contributed by atoms with Crippen LogP contribution in [0.2, 0.25) is 0 Å². The molecule has 7 heteroatoms. The van der Waals surface area contributed by atoms with Gasteiger partial charge in [0, 0.05) is 13.0 Å². The lowest BCUT2D eigenvalue weighted by molar-refractivity contribution is -0.153. The summed E-state index contributed by atoms with van der Waals surface area (Å²) in [5, 5.41) is 8.85. The number of nitrogens with zero attached hydrogens (tertiary/aromatic N) is 4. The summed E-state index contributed by atoms with van der Waals surface area (Å²) >= 11 is 0. The third-order valence-electron chi connectivity index (χ3n) is 4.24. The van der Waals surface area contributed by atoms with Gasteiger partial charge in [-0.05, 0) is 33.6 Å². The van der Waals surface area contributed by atoms with Crippen molar-refractivity contribution in [3.05, 3.63) is 12.5 Å². The second kappa shape index (κ2) is 6.29. The Bertz CT molecular complexity index is 701. The number of hydrogen-bond acceptors (Lipinski definition) is 6. The highest BCUT2D eigenvalue weighted by molar-refractivity contribution is 5.86. The van der Waals surface area contributed by atoms with Crippen LogP contribution >= 0.6 is 0 Å². The van der Waals surface area contributed by atoms with E-state index in [2.05, 4.69) is 48.1 Å². The molecule has 0 unspecified atom stereocenters. The van der Waals surface area contributed by atoms with E-state index in [9.17, 15) is 0 Å². The Balaban J connectivity index is 1.70. The van der Waals surface area contributed by atoms with Crippen LogP contribution in [0.25, 0.3) is 11.0 Å². The van der Waals surface area contributed by atoms with Crippen molar-refractivity contribution in [2.24, 2.45) is 5.92 Å². The fourth-order valence-electron chi connectivity index (χ4n) is 3.13. The molecule has 24 heavy (non-hydrogen) atoms. The lowest BCUT2D eigenvalue weighted by Gasteiger charge is -2.26.